The third-order valence-electron chi connectivity index (χ3n) is 2.50. The molecule has 0 radical (unpaired) electrons. The second kappa shape index (κ2) is 8.99. The largest absolute Gasteiger partial charge is 0.452 e. The van der Waals surface area contributed by atoms with Crippen molar-refractivity contribution in [2.45, 2.75) is 13.3 Å². The van der Waals surface area contributed by atoms with Crippen molar-refractivity contribution in [3.63, 3.8) is 0 Å². The quantitative estimate of drug-likeness (QED) is 0.738. The molecule has 0 aliphatic carbocycles. The lowest BCUT2D eigenvalue weighted by Gasteiger charge is -2.07. The normalized spacial score (nSPS) is 9.95. The van der Waals surface area contributed by atoms with Crippen molar-refractivity contribution in [2.24, 2.45) is 0 Å². The Hall–Kier alpha value is -2.15. The van der Waals surface area contributed by atoms with E-state index in [0.29, 0.717) is 6.54 Å². The molecule has 0 aliphatic heterocycles. The van der Waals surface area contributed by atoms with E-state index in [1.807, 2.05) is 6.92 Å². The molecule has 120 valence electrons. The Morgan fingerprint density at radius 2 is 1.95 bits per heavy atom. The van der Waals surface area contributed by atoms with Crippen molar-refractivity contribution < 1.29 is 23.5 Å². The van der Waals surface area contributed by atoms with Crippen LogP contribution in [-0.2, 0) is 14.3 Å². The fourth-order valence-electron chi connectivity index (χ4n) is 1.42. The van der Waals surface area contributed by atoms with Crippen LogP contribution < -0.4 is 10.6 Å². The van der Waals surface area contributed by atoms with Gasteiger partial charge in [0.05, 0.1) is 12.1 Å². The van der Waals surface area contributed by atoms with Crippen molar-refractivity contribution in [2.75, 3.05) is 19.7 Å². The number of hydrogen-bond acceptors (Lipinski definition) is 4. The summed E-state index contributed by atoms with van der Waals surface area (Å²) in [6.07, 6.45) is 0.782. The van der Waals surface area contributed by atoms with Gasteiger partial charge in [0, 0.05) is 11.6 Å². The molecule has 22 heavy (non-hydrogen) atoms. The van der Waals surface area contributed by atoms with E-state index in [1.54, 1.807) is 0 Å². The first-order valence-electron chi connectivity index (χ1n) is 6.59. The first kappa shape index (κ1) is 17.9. The summed E-state index contributed by atoms with van der Waals surface area (Å²) in [4.78, 5) is 34.3. The van der Waals surface area contributed by atoms with Crippen molar-refractivity contribution >= 4 is 29.4 Å². The lowest BCUT2D eigenvalue weighted by atomic mass is 10.2. The summed E-state index contributed by atoms with van der Waals surface area (Å²) in [7, 11) is 0. The Labute approximate surface area is 132 Å². The molecule has 6 nitrogen and oxygen atoms in total. The molecule has 0 aliphatic rings. The molecule has 2 amide bonds. The molecule has 0 bridgehead atoms. The molecule has 0 heterocycles. The van der Waals surface area contributed by atoms with Crippen LogP contribution in [0, 0.1) is 5.82 Å². The number of nitrogens with one attached hydrogen (secondary N) is 2. The fourth-order valence-corrected chi connectivity index (χ4v) is 1.58. The van der Waals surface area contributed by atoms with Crippen LogP contribution in [0.15, 0.2) is 18.2 Å². The second-order valence-corrected chi connectivity index (χ2v) is 4.76. The molecular formula is C14H16ClFN2O4. The number of esters is 1. The zero-order valence-electron chi connectivity index (χ0n) is 11.9. The van der Waals surface area contributed by atoms with E-state index >= 15 is 0 Å². The summed E-state index contributed by atoms with van der Waals surface area (Å²) in [5.41, 5.74) is -0.321. The summed E-state index contributed by atoms with van der Waals surface area (Å²) < 4.78 is 18.1. The predicted octanol–water partition coefficient (Wildman–Crippen LogP) is 1.28. The van der Waals surface area contributed by atoms with Crippen LogP contribution in [0.1, 0.15) is 23.7 Å². The third kappa shape index (κ3) is 6.09. The number of halogens is 2. The highest BCUT2D eigenvalue weighted by Gasteiger charge is 2.15. The highest BCUT2D eigenvalue weighted by Crippen LogP contribution is 2.15. The highest BCUT2D eigenvalue weighted by molar-refractivity contribution is 6.30. The minimum absolute atomic E-state index is 0.143. The van der Waals surface area contributed by atoms with Gasteiger partial charge in [-0.25, -0.2) is 9.18 Å². The van der Waals surface area contributed by atoms with Crippen LogP contribution >= 0.6 is 11.6 Å². The molecule has 1 aromatic rings. The summed E-state index contributed by atoms with van der Waals surface area (Å²) >= 11 is 5.56. The molecule has 1 aromatic carbocycles. The minimum atomic E-state index is -0.986. The van der Waals surface area contributed by atoms with Crippen molar-refractivity contribution in [1.82, 2.24) is 10.6 Å². The maximum Gasteiger partial charge on any atom is 0.341 e. The first-order chi connectivity index (χ1) is 10.4. The van der Waals surface area contributed by atoms with Crippen molar-refractivity contribution in [3.8, 4) is 0 Å². The molecular weight excluding hydrogens is 315 g/mol. The molecule has 0 unspecified atom stereocenters. The minimum Gasteiger partial charge on any atom is -0.452 e. The Morgan fingerprint density at radius 1 is 1.23 bits per heavy atom. The fraction of sp³-hybridized carbons (Fsp3) is 0.357. The van der Waals surface area contributed by atoms with E-state index in [-0.39, 0.29) is 23.0 Å². The van der Waals surface area contributed by atoms with Crippen LogP contribution in [0.5, 0.6) is 0 Å². The van der Waals surface area contributed by atoms with Gasteiger partial charge in [-0.05, 0) is 24.6 Å². The Morgan fingerprint density at radius 3 is 2.59 bits per heavy atom. The molecule has 0 spiro atoms. The topological polar surface area (TPSA) is 84.5 Å². The zero-order valence-corrected chi connectivity index (χ0v) is 12.7. The summed E-state index contributed by atoms with van der Waals surface area (Å²) in [6.45, 7) is 1.58. The van der Waals surface area contributed by atoms with Crippen LogP contribution in [0.4, 0.5) is 4.39 Å². The van der Waals surface area contributed by atoms with Crippen molar-refractivity contribution in [1.29, 1.82) is 0 Å². The van der Waals surface area contributed by atoms with Gasteiger partial charge in [0.15, 0.2) is 6.61 Å². The first-order valence-corrected chi connectivity index (χ1v) is 6.97. The highest BCUT2D eigenvalue weighted by atomic mass is 35.5. The maximum absolute atomic E-state index is 13.5. The van der Waals surface area contributed by atoms with Gasteiger partial charge < -0.3 is 15.4 Å². The van der Waals surface area contributed by atoms with Crippen molar-refractivity contribution in [3.05, 3.63) is 34.6 Å². The van der Waals surface area contributed by atoms with Gasteiger partial charge in [0.2, 0.25) is 5.91 Å². The molecule has 0 fully saturated rings. The number of carbonyl (C=O) groups is 3. The van der Waals surface area contributed by atoms with E-state index < -0.39 is 24.3 Å². The molecule has 0 saturated carbocycles. The van der Waals surface area contributed by atoms with E-state index in [1.165, 1.54) is 6.07 Å². The van der Waals surface area contributed by atoms with Gasteiger partial charge in [-0.3, -0.25) is 9.59 Å². The maximum atomic E-state index is 13.5. The molecule has 2 N–H and O–H groups in total. The Balaban J connectivity index is 2.37. The number of hydrogen-bond donors (Lipinski definition) is 2. The third-order valence-corrected chi connectivity index (χ3v) is 2.74. The van der Waals surface area contributed by atoms with Gasteiger partial charge in [0.1, 0.15) is 5.82 Å². The van der Waals surface area contributed by atoms with Gasteiger partial charge in [0.25, 0.3) is 5.91 Å². The predicted molar refractivity (Wildman–Crippen MR) is 78.0 cm³/mol. The Kier molecular flexibility index (Phi) is 7.31. The van der Waals surface area contributed by atoms with Gasteiger partial charge in [-0.2, -0.15) is 0 Å². The van der Waals surface area contributed by atoms with Crippen LogP contribution in [0.3, 0.4) is 0 Å². The molecule has 0 aromatic heterocycles. The van der Waals surface area contributed by atoms with Crippen LogP contribution in [0.2, 0.25) is 5.02 Å². The SMILES string of the molecule is CCCNC(=O)CNC(=O)COC(=O)c1ccc(Cl)cc1F. The number of amides is 2. The standard InChI is InChI=1S/C14H16ClFN2O4/c1-2-5-17-12(19)7-18-13(20)8-22-14(21)10-4-3-9(15)6-11(10)16/h3-4,6H,2,5,7-8H2,1H3,(H,17,19)(H,18,20). The molecule has 8 heteroatoms. The van der Waals surface area contributed by atoms with Gasteiger partial charge in [-0.15, -0.1) is 0 Å². The number of rotatable bonds is 7. The summed E-state index contributed by atoms with van der Waals surface area (Å²) in [6, 6.07) is 3.46. The number of ether oxygens (including phenoxy) is 1. The lowest BCUT2D eigenvalue weighted by molar-refractivity contribution is -0.127. The van der Waals surface area contributed by atoms with Gasteiger partial charge >= 0.3 is 5.97 Å². The Bertz CT molecular complexity index is 566. The summed E-state index contributed by atoms with van der Waals surface area (Å²) in [5.74, 6) is -2.82. The van der Waals surface area contributed by atoms with E-state index in [9.17, 15) is 18.8 Å². The van der Waals surface area contributed by atoms with Crippen LogP contribution in [0.25, 0.3) is 0 Å². The monoisotopic (exact) mass is 330 g/mol. The zero-order chi connectivity index (χ0) is 16.5. The van der Waals surface area contributed by atoms with E-state index in [2.05, 4.69) is 15.4 Å². The molecule has 0 atom stereocenters. The lowest BCUT2D eigenvalue weighted by Crippen LogP contribution is -2.38. The van der Waals surface area contributed by atoms with E-state index in [4.69, 9.17) is 11.6 Å². The molecule has 1 rings (SSSR count). The number of carbonyl (C=O) groups excluding carboxylic acids is 3. The number of benzene rings is 1. The summed E-state index contributed by atoms with van der Waals surface area (Å²) in [5, 5.41) is 4.99. The average Bonchev–Trinajstić information content (AvgIpc) is 2.48. The average molecular weight is 331 g/mol. The van der Waals surface area contributed by atoms with E-state index in [0.717, 1.165) is 18.6 Å². The van der Waals surface area contributed by atoms with Crippen LogP contribution in [-0.4, -0.2) is 37.5 Å². The molecule has 0 saturated heterocycles. The van der Waals surface area contributed by atoms with Gasteiger partial charge in [-0.1, -0.05) is 18.5 Å². The second-order valence-electron chi connectivity index (χ2n) is 4.33. The smallest absolute Gasteiger partial charge is 0.341 e.